The fourth-order valence-electron chi connectivity index (χ4n) is 3.35. The number of hydrogen-bond acceptors (Lipinski definition) is 5. The van der Waals surface area contributed by atoms with Gasteiger partial charge in [-0.2, -0.15) is 8.78 Å². The van der Waals surface area contributed by atoms with Gasteiger partial charge in [-0.05, 0) is 37.1 Å². The molecular formula is C25H15F5O5. The minimum Gasteiger partial charge on any atom is -0.473 e. The molecule has 0 bridgehead atoms. The number of esters is 1. The van der Waals surface area contributed by atoms with Crippen LogP contribution in [0.1, 0.15) is 28.4 Å². The Bertz CT molecular complexity index is 1360. The topological polar surface area (TPSA) is 61.8 Å². The van der Waals surface area contributed by atoms with Crippen molar-refractivity contribution in [3.05, 3.63) is 94.0 Å². The lowest BCUT2D eigenvalue weighted by atomic mass is 10.0. The highest BCUT2D eigenvalue weighted by molar-refractivity contribution is 6.15. The minimum atomic E-state index is -2.36. The number of Topliss-reactive ketones (excluding diaryl/α,β-unsaturated/α-hetero) is 1. The Balaban J connectivity index is 1.53. The molecule has 1 atom stereocenters. The van der Waals surface area contributed by atoms with Crippen LogP contribution in [0.15, 0.2) is 48.2 Å². The van der Waals surface area contributed by atoms with Crippen molar-refractivity contribution in [2.24, 2.45) is 0 Å². The highest BCUT2D eigenvalue weighted by atomic mass is 19.2. The Labute approximate surface area is 195 Å². The number of aryl methyl sites for hydroxylation is 1. The van der Waals surface area contributed by atoms with Crippen molar-refractivity contribution in [2.45, 2.75) is 20.0 Å². The van der Waals surface area contributed by atoms with Crippen LogP contribution in [0.2, 0.25) is 0 Å². The lowest BCUT2D eigenvalue weighted by Gasteiger charge is -2.16. The molecule has 3 aromatic rings. The number of halogens is 5. The van der Waals surface area contributed by atoms with Gasteiger partial charge in [0.1, 0.15) is 11.5 Å². The number of rotatable bonds is 5. The Hall–Kier alpha value is -4.21. The van der Waals surface area contributed by atoms with Crippen LogP contribution in [-0.4, -0.2) is 17.9 Å². The van der Waals surface area contributed by atoms with E-state index in [-0.39, 0.29) is 28.6 Å². The van der Waals surface area contributed by atoms with E-state index in [0.717, 1.165) is 12.5 Å². The summed E-state index contributed by atoms with van der Waals surface area (Å²) in [5.41, 5.74) is 1.41. The molecule has 0 saturated carbocycles. The van der Waals surface area contributed by atoms with Gasteiger partial charge in [-0.15, -0.1) is 0 Å². The third-order valence-corrected chi connectivity index (χ3v) is 5.06. The molecule has 1 heterocycles. The molecule has 5 nitrogen and oxygen atoms in total. The van der Waals surface area contributed by atoms with Crippen LogP contribution in [0.4, 0.5) is 22.0 Å². The molecule has 1 unspecified atom stereocenters. The van der Waals surface area contributed by atoms with Gasteiger partial charge in [-0.3, -0.25) is 4.79 Å². The largest absolute Gasteiger partial charge is 0.473 e. The van der Waals surface area contributed by atoms with Gasteiger partial charge in [0, 0.05) is 6.07 Å². The summed E-state index contributed by atoms with van der Waals surface area (Å²) in [6.45, 7) is 2.58. The molecule has 0 spiro atoms. The molecule has 4 rings (SSSR count). The Kier molecular flexibility index (Phi) is 6.29. The first-order valence-electron chi connectivity index (χ1n) is 10.1. The summed E-state index contributed by atoms with van der Waals surface area (Å²) >= 11 is 0. The van der Waals surface area contributed by atoms with Crippen molar-refractivity contribution in [3.8, 4) is 17.2 Å². The van der Waals surface area contributed by atoms with E-state index in [1.54, 1.807) is 37.3 Å². The molecule has 0 aromatic heterocycles. The number of ketones is 1. The van der Waals surface area contributed by atoms with Crippen LogP contribution in [-0.2, 0) is 4.79 Å². The highest BCUT2D eigenvalue weighted by Crippen LogP contribution is 2.38. The predicted molar refractivity (Wildman–Crippen MR) is 113 cm³/mol. The number of carbonyl (C=O) groups is 2. The van der Waals surface area contributed by atoms with Crippen LogP contribution in [0.5, 0.6) is 17.2 Å². The average Bonchev–Trinajstić information content (AvgIpc) is 3.14. The van der Waals surface area contributed by atoms with Crippen molar-refractivity contribution in [3.63, 3.8) is 0 Å². The van der Waals surface area contributed by atoms with Gasteiger partial charge in [0.2, 0.25) is 34.9 Å². The standard InChI is InChI=1S/C25H15F5O5/c1-11-8-14(10-15-17(11)23(31)16(35-15)9-13-6-4-3-5-7-13)34-25(32)12(2)33-24-21(29)19(27)18(26)20(28)22(24)30/h3-10,12H,1-2H3/b16-9-. The zero-order chi connectivity index (χ0) is 25.4. The molecule has 1 aliphatic rings. The van der Waals surface area contributed by atoms with Crippen molar-refractivity contribution >= 4 is 17.8 Å². The third kappa shape index (κ3) is 4.46. The average molecular weight is 490 g/mol. The maximum atomic E-state index is 13.8. The zero-order valence-electron chi connectivity index (χ0n) is 18.1. The Morgan fingerprint density at radius 3 is 2.17 bits per heavy atom. The molecule has 3 aromatic carbocycles. The SMILES string of the molecule is Cc1cc(OC(=O)C(C)Oc2c(F)c(F)c(F)c(F)c2F)cc2c1C(=O)/C(=C/c1ccccc1)O2. The fraction of sp³-hybridized carbons (Fsp3) is 0.120. The number of benzene rings is 3. The second-order valence-electron chi connectivity index (χ2n) is 7.54. The van der Waals surface area contributed by atoms with Crippen molar-refractivity contribution in [1.29, 1.82) is 0 Å². The third-order valence-electron chi connectivity index (χ3n) is 5.06. The highest BCUT2D eigenvalue weighted by Gasteiger charge is 2.32. The van der Waals surface area contributed by atoms with E-state index in [0.29, 0.717) is 5.56 Å². The molecule has 0 saturated heterocycles. The van der Waals surface area contributed by atoms with E-state index >= 15 is 0 Å². The first kappa shape index (κ1) is 23.9. The van der Waals surface area contributed by atoms with E-state index in [1.807, 2.05) is 6.07 Å². The summed E-state index contributed by atoms with van der Waals surface area (Å²) in [7, 11) is 0. The number of hydrogen-bond donors (Lipinski definition) is 0. The van der Waals surface area contributed by atoms with Crippen molar-refractivity contribution in [1.82, 2.24) is 0 Å². The second-order valence-corrected chi connectivity index (χ2v) is 7.54. The summed E-state index contributed by atoms with van der Waals surface area (Å²) in [5.74, 6) is -14.3. The maximum absolute atomic E-state index is 13.8. The Morgan fingerprint density at radius 1 is 0.943 bits per heavy atom. The number of fused-ring (bicyclic) bond motifs is 1. The quantitative estimate of drug-likeness (QED) is 0.115. The molecule has 1 aliphatic heterocycles. The first-order chi connectivity index (χ1) is 16.6. The second kappa shape index (κ2) is 9.21. The molecule has 0 radical (unpaired) electrons. The molecule has 10 heteroatoms. The van der Waals surface area contributed by atoms with E-state index < -0.39 is 46.9 Å². The summed E-state index contributed by atoms with van der Waals surface area (Å²) in [4.78, 5) is 25.1. The number of allylic oxidation sites excluding steroid dienone is 1. The maximum Gasteiger partial charge on any atom is 0.352 e. The predicted octanol–water partition coefficient (Wildman–Crippen LogP) is 5.68. The van der Waals surface area contributed by atoms with Crippen molar-refractivity contribution in [2.75, 3.05) is 0 Å². The molecule has 0 fully saturated rings. The van der Waals surface area contributed by atoms with Gasteiger partial charge in [-0.25, -0.2) is 18.0 Å². The van der Waals surface area contributed by atoms with Gasteiger partial charge in [0.05, 0.1) is 5.56 Å². The summed E-state index contributed by atoms with van der Waals surface area (Å²) in [6.07, 6.45) is -0.208. The summed E-state index contributed by atoms with van der Waals surface area (Å²) in [5, 5.41) is 0. The number of carbonyl (C=O) groups excluding carboxylic acids is 2. The molecule has 0 N–H and O–H groups in total. The lowest BCUT2D eigenvalue weighted by molar-refractivity contribution is -0.141. The van der Waals surface area contributed by atoms with Crippen LogP contribution in [0.3, 0.4) is 0 Å². The van der Waals surface area contributed by atoms with Crippen LogP contribution in [0, 0.1) is 36.0 Å². The smallest absolute Gasteiger partial charge is 0.352 e. The first-order valence-corrected chi connectivity index (χ1v) is 10.1. The van der Waals surface area contributed by atoms with Crippen molar-refractivity contribution < 1.29 is 45.8 Å². The molecular weight excluding hydrogens is 475 g/mol. The van der Waals surface area contributed by atoms with Crippen LogP contribution >= 0.6 is 0 Å². The van der Waals surface area contributed by atoms with E-state index in [4.69, 9.17) is 9.47 Å². The molecule has 35 heavy (non-hydrogen) atoms. The Morgan fingerprint density at radius 2 is 1.54 bits per heavy atom. The normalized spacial score (nSPS) is 14.5. The van der Waals surface area contributed by atoms with Gasteiger partial charge in [0.15, 0.2) is 17.6 Å². The number of ether oxygens (including phenoxy) is 3. The summed E-state index contributed by atoms with van der Waals surface area (Å²) < 4.78 is 83.0. The molecule has 0 aliphatic carbocycles. The van der Waals surface area contributed by atoms with E-state index in [9.17, 15) is 31.5 Å². The molecule has 180 valence electrons. The lowest BCUT2D eigenvalue weighted by Crippen LogP contribution is -2.29. The van der Waals surface area contributed by atoms with Gasteiger partial charge >= 0.3 is 5.97 Å². The fourth-order valence-corrected chi connectivity index (χ4v) is 3.35. The van der Waals surface area contributed by atoms with Gasteiger partial charge in [0.25, 0.3) is 0 Å². The monoisotopic (exact) mass is 490 g/mol. The van der Waals surface area contributed by atoms with Crippen LogP contribution in [0.25, 0.3) is 6.08 Å². The molecule has 0 amide bonds. The summed E-state index contributed by atoms with van der Waals surface area (Å²) in [6, 6.07) is 11.6. The van der Waals surface area contributed by atoms with E-state index in [1.165, 1.54) is 12.1 Å². The van der Waals surface area contributed by atoms with E-state index in [2.05, 4.69) is 4.74 Å². The van der Waals surface area contributed by atoms with Gasteiger partial charge < -0.3 is 14.2 Å². The van der Waals surface area contributed by atoms with Gasteiger partial charge in [-0.1, -0.05) is 30.3 Å². The zero-order valence-corrected chi connectivity index (χ0v) is 18.1. The minimum absolute atomic E-state index is 0.0563. The van der Waals surface area contributed by atoms with Crippen LogP contribution < -0.4 is 14.2 Å².